The Morgan fingerprint density at radius 3 is 2.85 bits per heavy atom. The van der Waals surface area contributed by atoms with E-state index in [0.29, 0.717) is 0 Å². The van der Waals surface area contributed by atoms with E-state index in [9.17, 15) is 0 Å². The molecule has 1 rings (SSSR count). The maximum Gasteiger partial charge on any atom is 0.0299 e. The minimum atomic E-state index is 1.03. The Labute approximate surface area is 84.4 Å². The van der Waals surface area contributed by atoms with Crippen LogP contribution in [0.2, 0.25) is 0 Å². The SMILES string of the molecule is CNCCCCNCc1cccs1. The average Bonchev–Trinajstić information content (AvgIpc) is 2.63. The van der Waals surface area contributed by atoms with Gasteiger partial charge in [-0.15, -0.1) is 11.3 Å². The van der Waals surface area contributed by atoms with E-state index in [1.54, 1.807) is 0 Å². The Morgan fingerprint density at radius 1 is 1.31 bits per heavy atom. The van der Waals surface area contributed by atoms with Gasteiger partial charge in [0.05, 0.1) is 0 Å². The molecule has 1 aromatic heterocycles. The molecule has 0 saturated carbocycles. The molecule has 2 N–H and O–H groups in total. The van der Waals surface area contributed by atoms with Gasteiger partial charge in [0.2, 0.25) is 0 Å². The van der Waals surface area contributed by atoms with Gasteiger partial charge in [0.1, 0.15) is 0 Å². The number of rotatable bonds is 7. The third kappa shape index (κ3) is 5.03. The maximum atomic E-state index is 3.43. The van der Waals surface area contributed by atoms with Crippen LogP contribution in [0, 0.1) is 0 Å². The van der Waals surface area contributed by atoms with Crippen LogP contribution in [0.1, 0.15) is 17.7 Å². The van der Waals surface area contributed by atoms with Gasteiger partial charge in [-0.2, -0.15) is 0 Å². The lowest BCUT2D eigenvalue weighted by atomic mass is 10.3. The van der Waals surface area contributed by atoms with Crippen LogP contribution in [0.5, 0.6) is 0 Å². The fourth-order valence-electron chi connectivity index (χ4n) is 1.18. The summed E-state index contributed by atoms with van der Waals surface area (Å²) in [7, 11) is 2.00. The van der Waals surface area contributed by atoms with Crippen LogP contribution in [0.4, 0.5) is 0 Å². The molecule has 0 bridgehead atoms. The lowest BCUT2D eigenvalue weighted by molar-refractivity contribution is 0.608. The van der Waals surface area contributed by atoms with Gasteiger partial charge < -0.3 is 10.6 Å². The summed E-state index contributed by atoms with van der Waals surface area (Å²) in [6, 6.07) is 4.27. The summed E-state index contributed by atoms with van der Waals surface area (Å²) >= 11 is 1.82. The largest absolute Gasteiger partial charge is 0.320 e. The second kappa shape index (κ2) is 7.06. The van der Waals surface area contributed by atoms with Gasteiger partial charge in [0.25, 0.3) is 0 Å². The molecule has 0 aromatic carbocycles. The van der Waals surface area contributed by atoms with E-state index >= 15 is 0 Å². The molecular weight excluding hydrogens is 180 g/mol. The molecule has 0 radical (unpaired) electrons. The number of nitrogens with one attached hydrogen (secondary N) is 2. The second-order valence-electron chi connectivity index (χ2n) is 3.07. The molecule has 0 unspecified atom stereocenters. The van der Waals surface area contributed by atoms with Crippen molar-refractivity contribution in [3.05, 3.63) is 22.4 Å². The van der Waals surface area contributed by atoms with Crippen LogP contribution in [0.25, 0.3) is 0 Å². The summed E-state index contributed by atoms with van der Waals surface area (Å²) in [5.74, 6) is 0. The first-order chi connectivity index (χ1) is 6.43. The van der Waals surface area contributed by atoms with Crippen LogP contribution < -0.4 is 10.6 Å². The minimum Gasteiger partial charge on any atom is -0.320 e. The van der Waals surface area contributed by atoms with Gasteiger partial charge in [-0.25, -0.2) is 0 Å². The van der Waals surface area contributed by atoms with Gasteiger partial charge in [0.15, 0.2) is 0 Å². The fraction of sp³-hybridized carbons (Fsp3) is 0.600. The predicted octanol–water partition coefficient (Wildman–Crippen LogP) is 1.84. The molecule has 74 valence electrons. The van der Waals surface area contributed by atoms with Crippen molar-refractivity contribution in [3.8, 4) is 0 Å². The third-order valence-corrected chi connectivity index (χ3v) is 2.79. The van der Waals surface area contributed by atoms with Crippen LogP contribution >= 0.6 is 11.3 Å². The predicted molar refractivity (Wildman–Crippen MR) is 59.2 cm³/mol. The van der Waals surface area contributed by atoms with Crippen LogP contribution in [0.15, 0.2) is 17.5 Å². The molecule has 3 heteroatoms. The summed E-state index contributed by atoms with van der Waals surface area (Å²) in [6.07, 6.45) is 2.51. The summed E-state index contributed by atoms with van der Waals surface area (Å²) in [5.41, 5.74) is 0. The van der Waals surface area contributed by atoms with E-state index in [0.717, 1.165) is 19.6 Å². The van der Waals surface area contributed by atoms with Crippen molar-refractivity contribution in [2.45, 2.75) is 19.4 Å². The van der Waals surface area contributed by atoms with E-state index in [2.05, 4.69) is 28.1 Å². The molecule has 1 aromatic rings. The van der Waals surface area contributed by atoms with E-state index in [4.69, 9.17) is 0 Å². The summed E-state index contributed by atoms with van der Waals surface area (Å²) in [6.45, 7) is 3.28. The van der Waals surface area contributed by atoms with Crippen LogP contribution in [-0.2, 0) is 6.54 Å². The van der Waals surface area contributed by atoms with E-state index in [-0.39, 0.29) is 0 Å². The second-order valence-corrected chi connectivity index (χ2v) is 4.10. The first-order valence-electron chi connectivity index (χ1n) is 4.81. The van der Waals surface area contributed by atoms with Crippen molar-refractivity contribution in [1.82, 2.24) is 10.6 Å². The highest BCUT2D eigenvalue weighted by Crippen LogP contribution is 2.07. The van der Waals surface area contributed by atoms with Crippen molar-refractivity contribution in [2.24, 2.45) is 0 Å². The molecule has 0 saturated heterocycles. The molecule has 0 amide bonds. The first kappa shape index (κ1) is 10.7. The normalized spacial score (nSPS) is 10.5. The molecule has 1 heterocycles. The summed E-state index contributed by atoms with van der Waals surface area (Å²) < 4.78 is 0. The highest BCUT2D eigenvalue weighted by atomic mass is 32.1. The Hall–Kier alpha value is -0.380. The highest BCUT2D eigenvalue weighted by molar-refractivity contribution is 7.09. The quantitative estimate of drug-likeness (QED) is 0.653. The smallest absolute Gasteiger partial charge is 0.0299 e. The Kier molecular flexibility index (Phi) is 5.81. The number of thiophene rings is 1. The summed E-state index contributed by atoms with van der Waals surface area (Å²) in [4.78, 5) is 1.42. The molecule has 0 aliphatic carbocycles. The van der Waals surface area contributed by atoms with E-state index in [1.807, 2.05) is 18.4 Å². The van der Waals surface area contributed by atoms with Crippen LogP contribution in [0.3, 0.4) is 0 Å². The zero-order valence-corrected chi connectivity index (χ0v) is 8.99. The Morgan fingerprint density at radius 2 is 2.15 bits per heavy atom. The van der Waals surface area contributed by atoms with Gasteiger partial charge in [-0.1, -0.05) is 6.07 Å². The van der Waals surface area contributed by atoms with E-state index < -0.39 is 0 Å². The van der Waals surface area contributed by atoms with Crippen molar-refractivity contribution in [2.75, 3.05) is 20.1 Å². The Balaban J connectivity index is 1.90. The number of unbranched alkanes of at least 4 members (excludes halogenated alkanes) is 1. The van der Waals surface area contributed by atoms with E-state index in [1.165, 1.54) is 17.7 Å². The standard InChI is InChI=1S/C10H18N2S/c1-11-6-2-3-7-12-9-10-5-4-8-13-10/h4-5,8,11-12H,2-3,6-7,9H2,1H3. The molecule has 0 aliphatic rings. The first-order valence-corrected chi connectivity index (χ1v) is 5.69. The van der Waals surface area contributed by atoms with Crippen molar-refractivity contribution in [1.29, 1.82) is 0 Å². The molecule has 0 spiro atoms. The van der Waals surface area contributed by atoms with Gasteiger partial charge in [-0.3, -0.25) is 0 Å². The molecule has 2 nitrogen and oxygen atoms in total. The summed E-state index contributed by atoms with van der Waals surface area (Å²) in [5, 5.41) is 8.70. The zero-order valence-electron chi connectivity index (χ0n) is 8.18. The lowest BCUT2D eigenvalue weighted by Crippen LogP contribution is -2.16. The van der Waals surface area contributed by atoms with Crippen molar-refractivity contribution >= 4 is 11.3 Å². The minimum absolute atomic E-state index is 1.03. The molecule has 0 atom stereocenters. The average molecular weight is 198 g/mol. The molecule has 13 heavy (non-hydrogen) atoms. The highest BCUT2D eigenvalue weighted by Gasteiger charge is 1.91. The van der Waals surface area contributed by atoms with Gasteiger partial charge >= 0.3 is 0 Å². The van der Waals surface area contributed by atoms with Crippen LogP contribution in [-0.4, -0.2) is 20.1 Å². The molecule has 0 fully saturated rings. The topological polar surface area (TPSA) is 24.1 Å². The zero-order chi connectivity index (χ0) is 9.36. The van der Waals surface area contributed by atoms with Crippen molar-refractivity contribution in [3.63, 3.8) is 0 Å². The third-order valence-electron chi connectivity index (χ3n) is 1.91. The maximum absolute atomic E-state index is 3.43. The molecular formula is C10H18N2S. The molecule has 0 aliphatic heterocycles. The Bertz CT molecular complexity index is 197. The van der Waals surface area contributed by atoms with Crippen molar-refractivity contribution < 1.29 is 0 Å². The number of hydrogen-bond donors (Lipinski definition) is 2. The lowest BCUT2D eigenvalue weighted by Gasteiger charge is -2.02. The number of hydrogen-bond acceptors (Lipinski definition) is 3. The fourth-order valence-corrected chi connectivity index (χ4v) is 1.85. The van der Waals surface area contributed by atoms with Gasteiger partial charge in [0, 0.05) is 11.4 Å². The monoisotopic (exact) mass is 198 g/mol. The van der Waals surface area contributed by atoms with Gasteiger partial charge in [-0.05, 0) is 44.4 Å².